The van der Waals surface area contributed by atoms with Crippen LogP contribution in [0.25, 0.3) is 0 Å². The molecule has 1 saturated heterocycles. The summed E-state index contributed by atoms with van der Waals surface area (Å²) in [6, 6.07) is 9.36. The lowest BCUT2D eigenvalue weighted by atomic mass is 10.1. The second-order valence-corrected chi connectivity index (χ2v) is 5.76. The lowest BCUT2D eigenvalue weighted by molar-refractivity contribution is 0.586. The van der Waals surface area contributed by atoms with Crippen LogP contribution in [0.1, 0.15) is 5.56 Å². The van der Waals surface area contributed by atoms with E-state index in [1.54, 1.807) is 12.1 Å². The number of anilines is 1. The van der Waals surface area contributed by atoms with Crippen LogP contribution in [0, 0.1) is 11.3 Å². The first kappa shape index (κ1) is 11.9. The molecule has 1 aliphatic rings. The molecule has 1 aromatic carbocycles. The molecule has 0 atom stereocenters. The first-order valence-electron chi connectivity index (χ1n) is 5.34. The van der Waals surface area contributed by atoms with E-state index in [-0.39, 0.29) is 5.75 Å². The number of sulfonamides is 1. The van der Waals surface area contributed by atoms with Crippen LogP contribution in [0.15, 0.2) is 24.3 Å². The molecule has 2 rings (SSSR count). The zero-order chi connectivity index (χ0) is 12.3. The predicted molar refractivity (Wildman–Crippen MR) is 65.2 cm³/mol. The number of hydrogen-bond donors (Lipinski definition) is 1. The molecular weight excluding hydrogens is 238 g/mol. The van der Waals surface area contributed by atoms with Gasteiger partial charge in [0.25, 0.3) is 0 Å². The van der Waals surface area contributed by atoms with Crippen LogP contribution >= 0.6 is 0 Å². The van der Waals surface area contributed by atoms with Crippen molar-refractivity contribution in [1.29, 1.82) is 5.26 Å². The van der Waals surface area contributed by atoms with Gasteiger partial charge in [-0.2, -0.15) is 5.26 Å². The van der Waals surface area contributed by atoms with Crippen LogP contribution in [-0.4, -0.2) is 33.8 Å². The van der Waals surface area contributed by atoms with Gasteiger partial charge in [0.2, 0.25) is 10.0 Å². The Kier molecular flexibility index (Phi) is 3.31. The van der Waals surface area contributed by atoms with E-state index in [4.69, 9.17) is 5.26 Å². The molecule has 0 aliphatic carbocycles. The van der Waals surface area contributed by atoms with Gasteiger partial charge in [-0.25, -0.2) is 13.1 Å². The highest BCUT2D eigenvalue weighted by molar-refractivity contribution is 7.89. The fraction of sp³-hybridized carbons (Fsp3) is 0.364. The summed E-state index contributed by atoms with van der Waals surface area (Å²) in [5.74, 6) is 0.0623. The number of para-hydroxylation sites is 1. The monoisotopic (exact) mass is 251 g/mol. The molecule has 0 radical (unpaired) electrons. The number of hydrogen-bond acceptors (Lipinski definition) is 4. The van der Waals surface area contributed by atoms with E-state index in [9.17, 15) is 8.42 Å². The lowest BCUT2D eigenvalue weighted by Gasteiger charge is -2.22. The Bertz CT molecular complexity index is 548. The summed E-state index contributed by atoms with van der Waals surface area (Å²) < 4.78 is 25.3. The summed E-state index contributed by atoms with van der Waals surface area (Å²) in [5.41, 5.74) is 1.38. The Labute approximate surface area is 101 Å². The van der Waals surface area contributed by atoms with Crippen molar-refractivity contribution in [3.05, 3.63) is 29.8 Å². The van der Waals surface area contributed by atoms with Gasteiger partial charge in [0.05, 0.1) is 17.0 Å². The Morgan fingerprint density at radius 2 is 2.06 bits per heavy atom. The molecule has 0 unspecified atom stereocenters. The minimum absolute atomic E-state index is 0.0623. The highest BCUT2D eigenvalue weighted by Crippen LogP contribution is 2.19. The van der Waals surface area contributed by atoms with E-state index in [1.165, 1.54) is 0 Å². The molecule has 0 amide bonds. The Morgan fingerprint density at radius 3 is 2.82 bits per heavy atom. The van der Waals surface area contributed by atoms with Crippen LogP contribution < -0.4 is 9.62 Å². The smallest absolute Gasteiger partial charge is 0.213 e. The van der Waals surface area contributed by atoms with Crippen molar-refractivity contribution in [3.63, 3.8) is 0 Å². The van der Waals surface area contributed by atoms with Crippen molar-refractivity contribution in [3.8, 4) is 6.07 Å². The first-order chi connectivity index (χ1) is 8.12. The topological polar surface area (TPSA) is 73.2 Å². The fourth-order valence-corrected chi connectivity index (χ4v) is 2.84. The number of benzene rings is 1. The van der Waals surface area contributed by atoms with Gasteiger partial charge in [-0.05, 0) is 12.1 Å². The van der Waals surface area contributed by atoms with Gasteiger partial charge in [-0.15, -0.1) is 0 Å². The molecule has 0 aromatic heterocycles. The Hall–Kier alpha value is -1.58. The fourth-order valence-electron chi connectivity index (χ4n) is 1.84. The molecule has 6 heteroatoms. The van der Waals surface area contributed by atoms with Crippen LogP contribution in [-0.2, 0) is 10.0 Å². The molecule has 1 heterocycles. The van der Waals surface area contributed by atoms with Crippen molar-refractivity contribution in [1.82, 2.24) is 4.72 Å². The number of nitrogens with one attached hydrogen (secondary N) is 1. The molecule has 0 saturated carbocycles. The molecule has 1 N–H and O–H groups in total. The quantitative estimate of drug-likeness (QED) is 0.779. The van der Waals surface area contributed by atoms with Crippen LogP contribution in [0.3, 0.4) is 0 Å². The van der Waals surface area contributed by atoms with E-state index in [1.807, 2.05) is 17.0 Å². The largest absolute Gasteiger partial charge is 0.368 e. The second kappa shape index (κ2) is 4.73. The van der Waals surface area contributed by atoms with E-state index < -0.39 is 10.0 Å². The minimum Gasteiger partial charge on any atom is -0.368 e. The zero-order valence-electron chi connectivity index (χ0n) is 9.26. The van der Waals surface area contributed by atoms with Gasteiger partial charge in [0.15, 0.2) is 0 Å². The third-order valence-electron chi connectivity index (χ3n) is 2.70. The van der Waals surface area contributed by atoms with E-state index in [0.717, 1.165) is 5.69 Å². The third-order valence-corrected chi connectivity index (χ3v) is 4.06. The van der Waals surface area contributed by atoms with Crippen molar-refractivity contribution < 1.29 is 8.42 Å². The Balaban J connectivity index is 2.26. The highest BCUT2D eigenvalue weighted by Gasteiger charge is 2.19. The number of nitrogens with zero attached hydrogens (tertiary/aromatic N) is 2. The summed E-state index contributed by atoms with van der Waals surface area (Å²) in [7, 11) is -3.15. The summed E-state index contributed by atoms with van der Waals surface area (Å²) >= 11 is 0. The van der Waals surface area contributed by atoms with Gasteiger partial charge in [0, 0.05) is 19.6 Å². The summed E-state index contributed by atoms with van der Waals surface area (Å²) in [6.07, 6.45) is 0. The molecule has 0 spiro atoms. The highest BCUT2D eigenvalue weighted by atomic mass is 32.2. The van der Waals surface area contributed by atoms with Gasteiger partial charge in [-0.3, -0.25) is 0 Å². The maximum Gasteiger partial charge on any atom is 0.213 e. The van der Waals surface area contributed by atoms with E-state index in [0.29, 0.717) is 25.2 Å². The summed E-state index contributed by atoms with van der Waals surface area (Å²) in [4.78, 5) is 1.93. The predicted octanol–water partition coefficient (Wildman–Crippen LogP) is 0.298. The van der Waals surface area contributed by atoms with Gasteiger partial charge in [-0.1, -0.05) is 12.1 Å². The molecule has 17 heavy (non-hydrogen) atoms. The van der Waals surface area contributed by atoms with E-state index >= 15 is 0 Å². The van der Waals surface area contributed by atoms with Crippen molar-refractivity contribution >= 4 is 15.7 Å². The van der Waals surface area contributed by atoms with Gasteiger partial charge in [0.1, 0.15) is 6.07 Å². The van der Waals surface area contributed by atoms with Crippen molar-refractivity contribution in [2.75, 3.05) is 30.3 Å². The molecule has 1 aromatic rings. The molecule has 0 bridgehead atoms. The molecular formula is C11H13N3O2S. The Morgan fingerprint density at radius 1 is 1.29 bits per heavy atom. The number of rotatable bonds is 1. The molecule has 90 valence electrons. The summed E-state index contributed by atoms with van der Waals surface area (Å²) in [6.45, 7) is 1.37. The number of nitriles is 1. The SMILES string of the molecule is N#Cc1ccccc1N1CCNS(=O)(=O)CC1. The van der Waals surface area contributed by atoms with Gasteiger partial charge >= 0.3 is 0 Å². The van der Waals surface area contributed by atoms with E-state index in [2.05, 4.69) is 10.8 Å². The van der Waals surface area contributed by atoms with Crippen LogP contribution in [0.4, 0.5) is 5.69 Å². The zero-order valence-corrected chi connectivity index (χ0v) is 10.1. The summed E-state index contributed by atoms with van der Waals surface area (Å²) in [5, 5.41) is 9.01. The minimum atomic E-state index is -3.15. The first-order valence-corrected chi connectivity index (χ1v) is 6.99. The van der Waals surface area contributed by atoms with Crippen LogP contribution in [0.2, 0.25) is 0 Å². The molecule has 1 fully saturated rings. The van der Waals surface area contributed by atoms with Crippen molar-refractivity contribution in [2.45, 2.75) is 0 Å². The standard InChI is InChI=1S/C11H13N3O2S/c12-9-10-3-1-2-4-11(10)14-6-5-13-17(15,16)8-7-14/h1-4,13H,5-8H2. The second-order valence-electron chi connectivity index (χ2n) is 3.83. The van der Waals surface area contributed by atoms with Gasteiger partial charge < -0.3 is 4.90 Å². The average molecular weight is 251 g/mol. The maximum absolute atomic E-state index is 11.4. The molecule has 5 nitrogen and oxygen atoms in total. The third kappa shape index (κ3) is 2.75. The molecule has 1 aliphatic heterocycles. The normalized spacial score (nSPS) is 19.4. The van der Waals surface area contributed by atoms with Crippen LogP contribution in [0.5, 0.6) is 0 Å². The lowest BCUT2D eigenvalue weighted by Crippen LogP contribution is -2.29. The van der Waals surface area contributed by atoms with Crippen molar-refractivity contribution in [2.24, 2.45) is 0 Å². The average Bonchev–Trinajstić information content (AvgIpc) is 2.50. The maximum atomic E-state index is 11.4.